The van der Waals surface area contributed by atoms with Crippen LogP contribution in [0.15, 0.2) is 0 Å². The summed E-state index contributed by atoms with van der Waals surface area (Å²) in [5, 5.41) is 9.10. The average Bonchev–Trinajstić information content (AvgIpc) is 2.56. The molecule has 2 fully saturated rings. The highest BCUT2D eigenvalue weighted by Crippen LogP contribution is 2.54. The second kappa shape index (κ2) is 3.21. The van der Waals surface area contributed by atoms with E-state index in [1.807, 2.05) is 0 Å². The number of ether oxygens (including phenoxy) is 1. The Hall–Kier alpha value is -0.0800. The number of hydrogen-bond acceptors (Lipinski definition) is 2. The smallest absolute Gasteiger partial charge is 0.0814 e. The Balaban J connectivity index is 2.11. The molecule has 3 unspecified atom stereocenters. The van der Waals surface area contributed by atoms with Gasteiger partial charge in [0.2, 0.25) is 0 Å². The first-order chi connectivity index (χ1) is 6.47. The number of rotatable bonds is 1. The van der Waals surface area contributed by atoms with Crippen molar-refractivity contribution in [2.45, 2.75) is 58.2 Å². The maximum atomic E-state index is 9.10. The zero-order valence-electron chi connectivity index (χ0n) is 9.55. The Morgan fingerprint density at radius 3 is 2.57 bits per heavy atom. The van der Waals surface area contributed by atoms with Gasteiger partial charge in [0.1, 0.15) is 0 Å². The lowest BCUT2D eigenvalue weighted by Crippen LogP contribution is -2.33. The van der Waals surface area contributed by atoms with E-state index in [-0.39, 0.29) is 18.3 Å². The van der Waals surface area contributed by atoms with Gasteiger partial charge >= 0.3 is 0 Å². The molecule has 1 saturated heterocycles. The molecular formula is C12H22O2. The van der Waals surface area contributed by atoms with Crippen LogP contribution in [0.5, 0.6) is 0 Å². The fraction of sp³-hybridized carbons (Fsp3) is 1.00. The molecule has 2 nitrogen and oxygen atoms in total. The average molecular weight is 198 g/mol. The molecule has 2 rings (SSSR count). The fourth-order valence-corrected chi connectivity index (χ4v) is 3.55. The normalized spacial score (nSPS) is 46.3. The lowest BCUT2D eigenvalue weighted by atomic mass is 9.87. The molecule has 2 aliphatic rings. The predicted molar refractivity (Wildman–Crippen MR) is 56.1 cm³/mol. The molecule has 1 saturated carbocycles. The van der Waals surface area contributed by atoms with Crippen molar-refractivity contribution in [1.82, 2.24) is 0 Å². The molecule has 1 heterocycles. The van der Waals surface area contributed by atoms with Crippen molar-refractivity contribution in [3.05, 3.63) is 0 Å². The SMILES string of the molecule is CC1CC(C)(C)CC12CCC(CO)O2. The molecule has 3 atom stereocenters. The van der Waals surface area contributed by atoms with Crippen LogP contribution < -0.4 is 0 Å². The second-order valence-corrected chi connectivity index (χ2v) is 5.97. The molecule has 0 aromatic carbocycles. The van der Waals surface area contributed by atoms with Crippen LogP contribution in [0.3, 0.4) is 0 Å². The van der Waals surface area contributed by atoms with Gasteiger partial charge in [-0.1, -0.05) is 20.8 Å². The van der Waals surface area contributed by atoms with Gasteiger partial charge in [-0.2, -0.15) is 0 Å². The van der Waals surface area contributed by atoms with Gasteiger partial charge in [0, 0.05) is 0 Å². The molecule has 0 amide bonds. The quantitative estimate of drug-likeness (QED) is 0.701. The molecule has 82 valence electrons. The Bertz CT molecular complexity index is 224. The predicted octanol–water partition coefficient (Wildman–Crippen LogP) is 2.35. The Morgan fingerprint density at radius 1 is 1.43 bits per heavy atom. The minimum absolute atomic E-state index is 0.0941. The van der Waals surface area contributed by atoms with Gasteiger partial charge in [0.25, 0.3) is 0 Å². The van der Waals surface area contributed by atoms with Crippen LogP contribution in [-0.2, 0) is 4.74 Å². The zero-order chi connectivity index (χ0) is 10.4. The highest BCUT2D eigenvalue weighted by Gasteiger charge is 2.52. The third-order valence-corrected chi connectivity index (χ3v) is 4.03. The van der Waals surface area contributed by atoms with E-state index in [0.717, 1.165) is 19.3 Å². The van der Waals surface area contributed by atoms with E-state index in [1.54, 1.807) is 0 Å². The summed E-state index contributed by atoms with van der Waals surface area (Å²) in [5.41, 5.74) is 0.515. The summed E-state index contributed by atoms with van der Waals surface area (Å²) in [6.07, 6.45) is 4.70. The molecule has 1 aliphatic heterocycles. The van der Waals surface area contributed by atoms with Crippen molar-refractivity contribution >= 4 is 0 Å². The van der Waals surface area contributed by atoms with Gasteiger partial charge in [-0.3, -0.25) is 0 Å². The van der Waals surface area contributed by atoms with Crippen LogP contribution >= 0.6 is 0 Å². The monoisotopic (exact) mass is 198 g/mol. The summed E-state index contributed by atoms with van der Waals surface area (Å²) in [6.45, 7) is 7.14. The van der Waals surface area contributed by atoms with Gasteiger partial charge in [0.05, 0.1) is 18.3 Å². The molecule has 14 heavy (non-hydrogen) atoms. The standard InChI is InChI=1S/C12H22O2/c1-9-6-11(2,3)8-12(9)5-4-10(7-13)14-12/h9-10,13H,4-8H2,1-3H3. The van der Waals surface area contributed by atoms with Gasteiger partial charge in [-0.15, -0.1) is 0 Å². The maximum Gasteiger partial charge on any atom is 0.0814 e. The van der Waals surface area contributed by atoms with Crippen molar-refractivity contribution < 1.29 is 9.84 Å². The first-order valence-electron chi connectivity index (χ1n) is 5.76. The Kier molecular flexibility index (Phi) is 2.39. The van der Waals surface area contributed by atoms with Crippen LogP contribution in [0.1, 0.15) is 46.5 Å². The van der Waals surface area contributed by atoms with Crippen LogP contribution in [0, 0.1) is 11.3 Å². The third-order valence-electron chi connectivity index (χ3n) is 4.03. The van der Waals surface area contributed by atoms with Gasteiger partial charge in [-0.25, -0.2) is 0 Å². The third kappa shape index (κ3) is 1.59. The minimum atomic E-state index is 0.0941. The second-order valence-electron chi connectivity index (χ2n) is 5.97. The molecule has 0 aromatic heterocycles. The molecular weight excluding hydrogens is 176 g/mol. The molecule has 0 radical (unpaired) electrons. The van der Waals surface area contributed by atoms with E-state index in [2.05, 4.69) is 20.8 Å². The highest BCUT2D eigenvalue weighted by molar-refractivity contribution is 5.03. The lowest BCUT2D eigenvalue weighted by molar-refractivity contribution is -0.0795. The topological polar surface area (TPSA) is 29.5 Å². The van der Waals surface area contributed by atoms with Crippen LogP contribution in [0.25, 0.3) is 0 Å². The summed E-state index contributed by atoms with van der Waals surface area (Å²) in [6, 6.07) is 0. The largest absolute Gasteiger partial charge is 0.394 e. The maximum absolute atomic E-state index is 9.10. The minimum Gasteiger partial charge on any atom is -0.394 e. The van der Waals surface area contributed by atoms with Crippen LogP contribution in [0.2, 0.25) is 0 Å². The molecule has 1 N–H and O–H groups in total. The molecule has 1 spiro atoms. The summed E-state index contributed by atoms with van der Waals surface area (Å²) in [4.78, 5) is 0. The summed E-state index contributed by atoms with van der Waals surface area (Å²) < 4.78 is 6.06. The number of hydrogen-bond donors (Lipinski definition) is 1. The highest BCUT2D eigenvalue weighted by atomic mass is 16.5. The van der Waals surface area contributed by atoms with E-state index in [4.69, 9.17) is 9.84 Å². The summed E-state index contributed by atoms with van der Waals surface area (Å²) in [5.74, 6) is 0.647. The van der Waals surface area contributed by atoms with Gasteiger partial charge in [0.15, 0.2) is 0 Å². The summed E-state index contributed by atoms with van der Waals surface area (Å²) >= 11 is 0. The van der Waals surface area contributed by atoms with E-state index < -0.39 is 0 Å². The van der Waals surface area contributed by atoms with Crippen molar-refractivity contribution in [2.24, 2.45) is 11.3 Å². The molecule has 2 heteroatoms. The van der Waals surface area contributed by atoms with Crippen molar-refractivity contribution in [3.63, 3.8) is 0 Å². The molecule has 0 bridgehead atoms. The van der Waals surface area contributed by atoms with Crippen molar-refractivity contribution in [1.29, 1.82) is 0 Å². The van der Waals surface area contributed by atoms with Crippen LogP contribution in [0.4, 0.5) is 0 Å². The lowest BCUT2D eigenvalue weighted by Gasteiger charge is -2.29. The zero-order valence-corrected chi connectivity index (χ0v) is 9.55. The summed E-state index contributed by atoms with van der Waals surface area (Å²) in [7, 11) is 0. The molecule has 1 aliphatic carbocycles. The van der Waals surface area contributed by atoms with Crippen LogP contribution in [-0.4, -0.2) is 23.4 Å². The van der Waals surface area contributed by atoms with Crippen molar-refractivity contribution in [3.8, 4) is 0 Å². The first kappa shape index (κ1) is 10.4. The first-order valence-corrected chi connectivity index (χ1v) is 5.76. The Labute approximate surface area is 86.6 Å². The fourth-order valence-electron chi connectivity index (χ4n) is 3.55. The Morgan fingerprint density at radius 2 is 2.14 bits per heavy atom. The molecule has 0 aromatic rings. The number of aliphatic hydroxyl groups excluding tert-OH is 1. The number of aliphatic hydroxyl groups is 1. The van der Waals surface area contributed by atoms with E-state index in [0.29, 0.717) is 11.3 Å². The van der Waals surface area contributed by atoms with Gasteiger partial charge in [-0.05, 0) is 37.0 Å². The van der Waals surface area contributed by atoms with E-state index in [9.17, 15) is 0 Å². The van der Waals surface area contributed by atoms with E-state index >= 15 is 0 Å². The van der Waals surface area contributed by atoms with Gasteiger partial charge < -0.3 is 9.84 Å². The van der Waals surface area contributed by atoms with Crippen molar-refractivity contribution in [2.75, 3.05) is 6.61 Å². The van der Waals surface area contributed by atoms with E-state index in [1.165, 1.54) is 6.42 Å².